The molecule has 4 rings (SSSR count). The predicted octanol–water partition coefficient (Wildman–Crippen LogP) is 1.83. The molecule has 3 N–H and O–H groups in total. The molecule has 0 bridgehead atoms. The normalized spacial score (nSPS) is 22.4. The Kier molecular flexibility index (Phi) is 6.85. The van der Waals surface area contributed by atoms with Gasteiger partial charge in [0.15, 0.2) is 18.4 Å². The summed E-state index contributed by atoms with van der Waals surface area (Å²) in [6.07, 6.45) is 3.89. The molecular formula is C24H26N4O7. The Morgan fingerprint density at radius 3 is 2.51 bits per heavy atom. The summed E-state index contributed by atoms with van der Waals surface area (Å²) < 4.78 is 10.2. The Morgan fingerprint density at radius 1 is 1.14 bits per heavy atom. The van der Waals surface area contributed by atoms with Gasteiger partial charge in [0.2, 0.25) is 0 Å². The highest BCUT2D eigenvalue weighted by Crippen LogP contribution is 2.35. The van der Waals surface area contributed by atoms with Gasteiger partial charge in [-0.1, -0.05) is 37.3 Å². The first kappa shape index (κ1) is 24.0. The summed E-state index contributed by atoms with van der Waals surface area (Å²) in [5.41, 5.74) is 1.63. The molecule has 2 fully saturated rings. The number of ether oxygens (including phenoxy) is 1. The fourth-order valence-electron chi connectivity index (χ4n) is 4.23. The molecule has 1 aliphatic carbocycles. The van der Waals surface area contributed by atoms with Gasteiger partial charge in [-0.15, -0.1) is 0 Å². The number of nitrogens with one attached hydrogen (secondary N) is 3. The fourth-order valence-corrected chi connectivity index (χ4v) is 4.23. The number of hydrogen-bond acceptors (Lipinski definition) is 7. The van der Waals surface area contributed by atoms with Crippen LogP contribution < -0.4 is 16.1 Å². The second-order valence-electron chi connectivity index (χ2n) is 8.77. The topological polar surface area (TPSA) is 147 Å². The number of carbonyl (C=O) groups is 5. The molecule has 1 saturated carbocycles. The second-order valence-corrected chi connectivity index (χ2v) is 8.77. The summed E-state index contributed by atoms with van der Waals surface area (Å²) in [6, 6.07) is 9.37. The molecular weight excluding hydrogens is 456 g/mol. The maximum atomic E-state index is 12.9. The van der Waals surface area contributed by atoms with Crippen LogP contribution in [-0.2, 0) is 19.1 Å². The number of amides is 5. The van der Waals surface area contributed by atoms with Crippen LogP contribution in [0.4, 0.5) is 4.79 Å². The maximum absolute atomic E-state index is 12.9. The molecule has 1 aromatic carbocycles. The molecule has 5 amide bonds. The minimum absolute atomic E-state index is 0.000989. The number of esters is 1. The van der Waals surface area contributed by atoms with E-state index in [9.17, 15) is 24.0 Å². The molecule has 11 heteroatoms. The van der Waals surface area contributed by atoms with E-state index in [2.05, 4.69) is 23.0 Å². The van der Waals surface area contributed by atoms with E-state index < -0.39 is 47.9 Å². The summed E-state index contributed by atoms with van der Waals surface area (Å²) in [4.78, 5) is 62.8. The van der Waals surface area contributed by atoms with Crippen molar-refractivity contribution in [3.63, 3.8) is 0 Å². The number of benzene rings is 1. The standard InChI is InChI=1S/C24H26N4O7/c1-15-9-11-24(12-10-15)22(32)28(23(33)26-24)27-18(29)14-35-21(31)19(16-6-3-2-4-7-16)25-20(30)17-8-5-13-34-17/h2-8,13,15,19H,9-12,14H2,1H3,(H,25,30)(H,26,33)(H,27,29). The monoisotopic (exact) mass is 482 g/mol. The number of rotatable bonds is 7. The number of hydrogen-bond donors (Lipinski definition) is 3. The lowest BCUT2D eigenvalue weighted by molar-refractivity contribution is -0.152. The molecule has 35 heavy (non-hydrogen) atoms. The minimum Gasteiger partial charge on any atom is -0.459 e. The second kappa shape index (κ2) is 10.00. The Bertz CT molecular complexity index is 1110. The molecule has 2 heterocycles. The third-order valence-corrected chi connectivity index (χ3v) is 6.26. The Balaban J connectivity index is 1.37. The van der Waals surface area contributed by atoms with Gasteiger partial charge in [0.1, 0.15) is 5.54 Å². The van der Waals surface area contributed by atoms with Crippen LogP contribution >= 0.6 is 0 Å². The third kappa shape index (κ3) is 5.18. The lowest BCUT2D eigenvalue weighted by Gasteiger charge is -2.33. The van der Waals surface area contributed by atoms with Crippen LogP contribution in [0, 0.1) is 5.92 Å². The van der Waals surface area contributed by atoms with Crippen LogP contribution in [0.3, 0.4) is 0 Å². The first-order valence-electron chi connectivity index (χ1n) is 11.3. The third-order valence-electron chi connectivity index (χ3n) is 6.26. The van der Waals surface area contributed by atoms with E-state index in [4.69, 9.17) is 9.15 Å². The number of carbonyl (C=O) groups excluding carboxylic acids is 5. The van der Waals surface area contributed by atoms with Gasteiger partial charge in [-0.05, 0) is 49.3 Å². The van der Waals surface area contributed by atoms with E-state index in [0.29, 0.717) is 29.3 Å². The van der Waals surface area contributed by atoms with Crippen LogP contribution in [0.2, 0.25) is 0 Å². The van der Waals surface area contributed by atoms with E-state index in [1.54, 1.807) is 30.3 Å². The van der Waals surface area contributed by atoms with Gasteiger partial charge in [-0.3, -0.25) is 19.8 Å². The SMILES string of the molecule is CC1CCC2(CC1)NC(=O)N(NC(=O)COC(=O)C(NC(=O)c1ccco1)c1ccccc1)C2=O. The Labute approximate surface area is 201 Å². The predicted molar refractivity (Wildman–Crippen MR) is 120 cm³/mol. The van der Waals surface area contributed by atoms with Gasteiger partial charge in [0.05, 0.1) is 6.26 Å². The largest absolute Gasteiger partial charge is 0.459 e. The van der Waals surface area contributed by atoms with Crippen LogP contribution in [0.25, 0.3) is 0 Å². The molecule has 1 saturated heterocycles. The molecule has 1 atom stereocenters. The van der Waals surface area contributed by atoms with Crippen molar-refractivity contribution in [2.24, 2.45) is 5.92 Å². The van der Waals surface area contributed by atoms with Crippen molar-refractivity contribution < 1.29 is 33.1 Å². The van der Waals surface area contributed by atoms with Gasteiger partial charge in [-0.25, -0.2) is 9.59 Å². The molecule has 0 radical (unpaired) electrons. The van der Waals surface area contributed by atoms with E-state index in [1.165, 1.54) is 18.4 Å². The van der Waals surface area contributed by atoms with Crippen molar-refractivity contribution in [1.82, 2.24) is 21.1 Å². The molecule has 1 spiro atoms. The number of furan rings is 1. The molecule has 1 aromatic heterocycles. The average Bonchev–Trinajstić information content (AvgIpc) is 3.47. The van der Waals surface area contributed by atoms with Gasteiger partial charge in [0.25, 0.3) is 17.7 Å². The number of imide groups is 1. The van der Waals surface area contributed by atoms with Crippen molar-refractivity contribution in [3.8, 4) is 0 Å². The highest BCUT2D eigenvalue weighted by molar-refractivity contribution is 6.08. The maximum Gasteiger partial charge on any atom is 0.344 e. The number of urea groups is 1. The van der Waals surface area contributed by atoms with Crippen LogP contribution in [-0.4, -0.2) is 46.9 Å². The Hall–Kier alpha value is -4.15. The van der Waals surface area contributed by atoms with Crippen LogP contribution in [0.15, 0.2) is 53.1 Å². The summed E-state index contributed by atoms with van der Waals surface area (Å²) in [5.74, 6) is -2.48. The van der Waals surface area contributed by atoms with E-state index in [0.717, 1.165) is 12.8 Å². The molecule has 11 nitrogen and oxygen atoms in total. The molecule has 2 aromatic rings. The van der Waals surface area contributed by atoms with Gasteiger partial charge in [-0.2, -0.15) is 5.01 Å². The average molecular weight is 482 g/mol. The highest BCUT2D eigenvalue weighted by atomic mass is 16.5. The van der Waals surface area contributed by atoms with Gasteiger partial charge in [0, 0.05) is 0 Å². The first-order chi connectivity index (χ1) is 16.8. The smallest absolute Gasteiger partial charge is 0.344 e. The van der Waals surface area contributed by atoms with E-state index in [1.807, 2.05) is 0 Å². The molecule has 2 aliphatic rings. The van der Waals surface area contributed by atoms with Crippen molar-refractivity contribution in [2.75, 3.05) is 6.61 Å². The van der Waals surface area contributed by atoms with Gasteiger partial charge < -0.3 is 19.8 Å². The van der Waals surface area contributed by atoms with E-state index >= 15 is 0 Å². The number of hydrazine groups is 1. The van der Waals surface area contributed by atoms with E-state index in [-0.39, 0.29) is 5.76 Å². The zero-order valence-electron chi connectivity index (χ0n) is 19.1. The zero-order chi connectivity index (χ0) is 25.0. The Morgan fingerprint density at radius 2 is 1.86 bits per heavy atom. The van der Waals surface area contributed by atoms with Crippen LogP contribution in [0.1, 0.15) is 54.8 Å². The van der Waals surface area contributed by atoms with Crippen molar-refractivity contribution in [1.29, 1.82) is 0 Å². The first-order valence-corrected chi connectivity index (χ1v) is 11.3. The summed E-state index contributed by atoms with van der Waals surface area (Å²) in [7, 11) is 0. The lowest BCUT2D eigenvalue weighted by Crippen LogP contribution is -2.52. The summed E-state index contributed by atoms with van der Waals surface area (Å²) >= 11 is 0. The fraction of sp³-hybridized carbons (Fsp3) is 0.375. The van der Waals surface area contributed by atoms with Crippen LogP contribution in [0.5, 0.6) is 0 Å². The van der Waals surface area contributed by atoms with Gasteiger partial charge >= 0.3 is 12.0 Å². The lowest BCUT2D eigenvalue weighted by atomic mass is 9.77. The number of nitrogens with zero attached hydrogens (tertiary/aromatic N) is 1. The molecule has 184 valence electrons. The zero-order valence-corrected chi connectivity index (χ0v) is 19.1. The highest BCUT2D eigenvalue weighted by Gasteiger charge is 2.52. The molecule has 1 unspecified atom stereocenters. The summed E-state index contributed by atoms with van der Waals surface area (Å²) in [5, 5.41) is 5.85. The minimum atomic E-state index is -1.22. The molecule has 1 aliphatic heterocycles. The van der Waals surface area contributed by atoms with Crippen molar-refractivity contribution in [3.05, 3.63) is 60.1 Å². The summed E-state index contributed by atoms with van der Waals surface area (Å²) in [6.45, 7) is 1.32. The van der Waals surface area contributed by atoms with Crippen molar-refractivity contribution in [2.45, 2.75) is 44.2 Å². The quantitative estimate of drug-likeness (QED) is 0.403. The van der Waals surface area contributed by atoms with Crippen molar-refractivity contribution >= 4 is 29.7 Å².